The summed E-state index contributed by atoms with van der Waals surface area (Å²) in [6.45, 7) is 8.97. The zero-order chi connectivity index (χ0) is 13.4. The minimum atomic E-state index is 0.0404. The molecule has 3 N–H and O–H groups in total. The van der Waals surface area contributed by atoms with E-state index in [1.165, 1.54) is 0 Å². The first-order valence-corrected chi connectivity index (χ1v) is 7.02. The quantitative estimate of drug-likeness (QED) is 0.615. The number of likely N-dealkylation sites (N-methyl/N-ethyl adjacent to an activating group) is 1. The van der Waals surface area contributed by atoms with Crippen molar-refractivity contribution in [2.75, 3.05) is 52.9 Å². The molecule has 0 aliphatic carbocycles. The molecule has 0 spiro atoms. The zero-order valence-corrected chi connectivity index (χ0v) is 11.8. The number of nitrogens with zero attached hydrogens (tertiary/aromatic N) is 2. The van der Waals surface area contributed by atoms with Gasteiger partial charge >= 0.3 is 0 Å². The van der Waals surface area contributed by atoms with E-state index in [-0.39, 0.29) is 11.8 Å². The molecule has 0 bridgehead atoms. The van der Waals surface area contributed by atoms with E-state index in [9.17, 15) is 4.79 Å². The Morgan fingerprint density at radius 1 is 1.33 bits per heavy atom. The number of amides is 1. The highest BCUT2D eigenvalue weighted by Crippen LogP contribution is 2.01. The fraction of sp³-hybridized carbons (Fsp3) is 0.923. The first-order chi connectivity index (χ1) is 8.63. The van der Waals surface area contributed by atoms with E-state index in [4.69, 9.17) is 5.73 Å². The van der Waals surface area contributed by atoms with Gasteiger partial charge in [-0.25, -0.2) is 0 Å². The number of nitrogens with two attached hydrogens (primary N) is 1. The van der Waals surface area contributed by atoms with Crippen LogP contribution in [0.5, 0.6) is 0 Å². The SMILES string of the molecule is CC(CCN)C(=O)NCCCN1CCN(C)CC1. The number of rotatable bonds is 7. The van der Waals surface area contributed by atoms with E-state index in [0.29, 0.717) is 6.54 Å². The third kappa shape index (κ3) is 5.80. The van der Waals surface area contributed by atoms with Gasteiger partial charge in [0, 0.05) is 38.6 Å². The summed E-state index contributed by atoms with van der Waals surface area (Å²) in [5, 5.41) is 2.98. The lowest BCUT2D eigenvalue weighted by molar-refractivity contribution is -0.124. The van der Waals surface area contributed by atoms with Crippen LogP contribution in [0.4, 0.5) is 0 Å². The molecule has 1 rings (SSSR count). The van der Waals surface area contributed by atoms with Crippen LogP contribution in [-0.2, 0) is 4.79 Å². The molecule has 0 radical (unpaired) electrons. The maximum atomic E-state index is 11.6. The maximum absolute atomic E-state index is 11.6. The Hall–Kier alpha value is -0.650. The number of hydrogen-bond donors (Lipinski definition) is 2. The summed E-state index contributed by atoms with van der Waals surface area (Å²) in [4.78, 5) is 16.5. The number of carbonyl (C=O) groups is 1. The molecular formula is C13H28N4O. The maximum Gasteiger partial charge on any atom is 0.222 e. The lowest BCUT2D eigenvalue weighted by atomic mass is 10.1. The van der Waals surface area contributed by atoms with E-state index < -0.39 is 0 Å². The van der Waals surface area contributed by atoms with Gasteiger partial charge in [-0.1, -0.05) is 6.92 Å². The predicted molar refractivity (Wildman–Crippen MR) is 74.4 cm³/mol. The van der Waals surface area contributed by atoms with Gasteiger partial charge in [-0.05, 0) is 33.0 Å². The molecule has 106 valence electrons. The third-order valence-corrected chi connectivity index (χ3v) is 3.59. The molecule has 1 saturated heterocycles. The molecule has 0 aromatic carbocycles. The molecule has 1 atom stereocenters. The van der Waals surface area contributed by atoms with Crippen molar-refractivity contribution in [1.29, 1.82) is 0 Å². The van der Waals surface area contributed by atoms with Crippen molar-refractivity contribution in [3.8, 4) is 0 Å². The van der Waals surface area contributed by atoms with E-state index >= 15 is 0 Å². The van der Waals surface area contributed by atoms with Crippen LogP contribution in [0.3, 0.4) is 0 Å². The molecule has 1 aliphatic rings. The van der Waals surface area contributed by atoms with Crippen LogP contribution < -0.4 is 11.1 Å². The Kier molecular flexibility index (Phi) is 7.23. The standard InChI is InChI=1S/C13H28N4O/c1-12(4-5-14)13(18)15-6-3-7-17-10-8-16(2)9-11-17/h12H,3-11,14H2,1-2H3,(H,15,18). The fourth-order valence-electron chi connectivity index (χ4n) is 2.14. The lowest BCUT2D eigenvalue weighted by Gasteiger charge is -2.32. The molecule has 1 fully saturated rings. The average Bonchev–Trinajstić information content (AvgIpc) is 2.36. The molecule has 0 saturated carbocycles. The molecular weight excluding hydrogens is 228 g/mol. The molecule has 1 unspecified atom stereocenters. The highest BCUT2D eigenvalue weighted by atomic mass is 16.1. The third-order valence-electron chi connectivity index (χ3n) is 3.59. The van der Waals surface area contributed by atoms with Gasteiger partial charge in [0.25, 0.3) is 0 Å². The molecule has 5 heteroatoms. The van der Waals surface area contributed by atoms with Crippen LogP contribution in [0.1, 0.15) is 19.8 Å². The van der Waals surface area contributed by atoms with Crippen LogP contribution in [0.2, 0.25) is 0 Å². The minimum Gasteiger partial charge on any atom is -0.356 e. The lowest BCUT2D eigenvalue weighted by Crippen LogP contribution is -2.45. The summed E-state index contributed by atoms with van der Waals surface area (Å²) in [5.74, 6) is 0.178. The van der Waals surface area contributed by atoms with Gasteiger partial charge in [0.1, 0.15) is 0 Å². The molecule has 1 amide bonds. The van der Waals surface area contributed by atoms with Crippen LogP contribution in [0.15, 0.2) is 0 Å². The number of carbonyl (C=O) groups excluding carboxylic acids is 1. The van der Waals surface area contributed by atoms with Gasteiger partial charge in [0.2, 0.25) is 5.91 Å². The van der Waals surface area contributed by atoms with Crippen molar-refractivity contribution in [2.24, 2.45) is 11.7 Å². The van der Waals surface area contributed by atoms with Gasteiger partial charge in [-0.15, -0.1) is 0 Å². The van der Waals surface area contributed by atoms with E-state index in [1.54, 1.807) is 0 Å². The van der Waals surface area contributed by atoms with E-state index in [0.717, 1.165) is 52.1 Å². The largest absolute Gasteiger partial charge is 0.356 e. The van der Waals surface area contributed by atoms with Crippen molar-refractivity contribution in [2.45, 2.75) is 19.8 Å². The first kappa shape index (κ1) is 15.4. The first-order valence-electron chi connectivity index (χ1n) is 7.02. The summed E-state index contributed by atoms with van der Waals surface area (Å²) in [6, 6.07) is 0. The van der Waals surface area contributed by atoms with Crippen molar-refractivity contribution < 1.29 is 4.79 Å². The molecule has 0 aromatic heterocycles. The van der Waals surface area contributed by atoms with Crippen LogP contribution >= 0.6 is 0 Å². The highest BCUT2D eigenvalue weighted by molar-refractivity contribution is 5.78. The van der Waals surface area contributed by atoms with Crippen LogP contribution in [0, 0.1) is 5.92 Å². The monoisotopic (exact) mass is 256 g/mol. The Morgan fingerprint density at radius 2 is 2.00 bits per heavy atom. The fourth-order valence-corrected chi connectivity index (χ4v) is 2.14. The second kappa shape index (κ2) is 8.45. The molecule has 1 aliphatic heterocycles. The molecule has 1 heterocycles. The van der Waals surface area contributed by atoms with Gasteiger partial charge in [0.15, 0.2) is 0 Å². The van der Waals surface area contributed by atoms with Gasteiger partial charge in [-0.3, -0.25) is 4.79 Å². The Bertz CT molecular complexity index is 239. The highest BCUT2D eigenvalue weighted by Gasteiger charge is 2.14. The smallest absolute Gasteiger partial charge is 0.222 e. The Morgan fingerprint density at radius 3 is 2.61 bits per heavy atom. The number of nitrogens with one attached hydrogen (secondary N) is 1. The second-order valence-electron chi connectivity index (χ2n) is 5.27. The van der Waals surface area contributed by atoms with Crippen molar-refractivity contribution in [3.63, 3.8) is 0 Å². The van der Waals surface area contributed by atoms with Crippen LogP contribution in [0.25, 0.3) is 0 Å². The topological polar surface area (TPSA) is 61.6 Å². The Labute approximate surface area is 111 Å². The summed E-state index contributed by atoms with van der Waals surface area (Å²) in [7, 11) is 2.16. The number of hydrogen-bond acceptors (Lipinski definition) is 4. The number of piperazine rings is 1. The molecule has 0 aromatic rings. The van der Waals surface area contributed by atoms with Gasteiger partial charge < -0.3 is 20.9 Å². The normalized spacial score (nSPS) is 19.7. The van der Waals surface area contributed by atoms with E-state index in [1.807, 2.05) is 6.92 Å². The average molecular weight is 256 g/mol. The molecule has 5 nitrogen and oxygen atoms in total. The van der Waals surface area contributed by atoms with Gasteiger partial charge in [-0.2, -0.15) is 0 Å². The predicted octanol–water partition coefficient (Wildman–Crippen LogP) is -0.275. The van der Waals surface area contributed by atoms with Crippen molar-refractivity contribution in [1.82, 2.24) is 15.1 Å². The molecule has 18 heavy (non-hydrogen) atoms. The minimum absolute atomic E-state index is 0.0404. The summed E-state index contributed by atoms with van der Waals surface area (Å²) >= 11 is 0. The summed E-state index contributed by atoms with van der Waals surface area (Å²) in [5.41, 5.74) is 5.44. The van der Waals surface area contributed by atoms with Gasteiger partial charge in [0.05, 0.1) is 0 Å². The van der Waals surface area contributed by atoms with Crippen LogP contribution in [-0.4, -0.2) is 68.6 Å². The van der Waals surface area contributed by atoms with Crippen molar-refractivity contribution in [3.05, 3.63) is 0 Å². The second-order valence-corrected chi connectivity index (χ2v) is 5.27. The van der Waals surface area contributed by atoms with Crippen molar-refractivity contribution >= 4 is 5.91 Å². The Balaban J connectivity index is 2.02. The summed E-state index contributed by atoms with van der Waals surface area (Å²) < 4.78 is 0. The summed E-state index contributed by atoms with van der Waals surface area (Å²) in [6.07, 6.45) is 1.80. The zero-order valence-electron chi connectivity index (χ0n) is 11.8. The van der Waals surface area contributed by atoms with E-state index in [2.05, 4.69) is 22.2 Å².